The van der Waals surface area contributed by atoms with Gasteiger partial charge in [0.1, 0.15) is 0 Å². The molecule has 0 fully saturated rings. The number of aryl methyl sites for hydroxylation is 1. The largest absolute Gasteiger partial charge is 0.333 e. The molecule has 0 aliphatic carbocycles. The molecule has 2 aromatic heterocycles. The highest BCUT2D eigenvalue weighted by Crippen LogP contribution is 2.08. The molecule has 2 rings (SSSR count). The van der Waals surface area contributed by atoms with E-state index in [1.165, 1.54) is 6.20 Å². The highest BCUT2D eigenvalue weighted by Gasteiger charge is 2.07. The van der Waals surface area contributed by atoms with Gasteiger partial charge in [-0.25, -0.2) is 4.68 Å². The molecule has 0 radical (unpaired) electrons. The molecule has 104 valence electrons. The third-order valence-electron chi connectivity index (χ3n) is 2.64. The number of aromatic nitrogens is 4. The van der Waals surface area contributed by atoms with Crippen molar-refractivity contribution < 1.29 is 8.78 Å². The maximum Gasteiger partial charge on any atom is 0.333 e. The topological polar surface area (TPSA) is 47.7 Å². The van der Waals surface area contributed by atoms with Crippen molar-refractivity contribution >= 4 is 0 Å². The number of hydrogen-bond acceptors (Lipinski definition) is 3. The second-order valence-corrected chi connectivity index (χ2v) is 4.28. The van der Waals surface area contributed by atoms with Crippen LogP contribution in [-0.2, 0) is 19.6 Å². The van der Waals surface area contributed by atoms with Gasteiger partial charge < -0.3 is 5.32 Å². The molecule has 0 aliphatic heterocycles. The van der Waals surface area contributed by atoms with E-state index in [9.17, 15) is 8.78 Å². The van der Waals surface area contributed by atoms with E-state index >= 15 is 0 Å². The van der Waals surface area contributed by atoms with E-state index in [-0.39, 0.29) is 0 Å². The number of alkyl halides is 2. The molecule has 7 heteroatoms. The van der Waals surface area contributed by atoms with Crippen LogP contribution in [0.4, 0.5) is 8.78 Å². The second-order valence-electron chi connectivity index (χ2n) is 4.28. The van der Waals surface area contributed by atoms with Crippen molar-refractivity contribution in [1.82, 2.24) is 24.9 Å². The van der Waals surface area contributed by atoms with Crippen LogP contribution in [0.3, 0.4) is 0 Å². The highest BCUT2D eigenvalue weighted by molar-refractivity contribution is 5.04. The third kappa shape index (κ3) is 3.85. The summed E-state index contributed by atoms with van der Waals surface area (Å²) in [5.74, 6) is 0. The molecule has 0 aromatic carbocycles. The zero-order valence-corrected chi connectivity index (χ0v) is 10.8. The van der Waals surface area contributed by atoms with E-state index in [4.69, 9.17) is 0 Å². The lowest BCUT2D eigenvalue weighted by molar-refractivity contribution is 0.0561. The van der Waals surface area contributed by atoms with Crippen LogP contribution < -0.4 is 5.32 Å². The molecule has 0 amide bonds. The van der Waals surface area contributed by atoms with Crippen LogP contribution in [0.25, 0.3) is 0 Å². The second kappa shape index (κ2) is 6.42. The normalized spacial score (nSPS) is 11.4. The first kappa shape index (κ1) is 13.7. The van der Waals surface area contributed by atoms with E-state index in [1.807, 2.05) is 10.9 Å². The van der Waals surface area contributed by atoms with Crippen molar-refractivity contribution in [2.24, 2.45) is 0 Å². The van der Waals surface area contributed by atoms with E-state index in [0.29, 0.717) is 23.5 Å². The Kier molecular flexibility index (Phi) is 4.62. The molecular formula is C12H17F2N5. The lowest BCUT2D eigenvalue weighted by Crippen LogP contribution is -2.13. The van der Waals surface area contributed by atoms with E-state index in [2.05, 4.69) is 22.4 Å². The Morgan fingerprint density at radius 1 is 1.37 bits per heavy atom. The Hall–Kier alpha value is -1.76. The Morgan fingerprint density at radius 3 is 2.89 bits per heavy atom. The van der Waals surface area contributed by atoms with Crippen LogP contribution in [0, 0.1) is 0 Å². The predicted octanol–water partition coefficient (Wildman–Crippen LogP) is 2.17. The number of rotatable bonds is 7. The number of nitrogens with zero attached hydrogens (tertiary/aromatic N) is 4. The molecule has 0 atom stereocenters. The van der Waals surface area contributed by atoms with Crippen molar-refractivity contribution in [3.05, 3.63) is 35.9 Å². The van der Waals surface area contributed by atoms with Crippen molar-refractivity contribution in [2.75, 3.05) is 0 Å². The molecule has 0 unspecified atom stereocenters. The minimum atomic E-state index is -2.58. The summed E-state index contributed by atoms with van der Waals surface area (Å²) in [4.78, 5) is 0. The van der Waals surface area contributed by atoms with Crippen LogP contribution in [0.1, 0.15) is 31.2 Å². The van der Waals surface area contributed by atoms with E-state index < -0.39 is 6.55 Å². The van der Waals surface area contributed by atoms with Crippen LogP contribution in [0.2, 0.25) is 0 Å². The molecule has 0 saturated carbocycles. The van der Waals surface area contributed by atoms with Gasteiger partial charge in [-0.1, -0.05) is 6.92 Å². The van der Waals surface area contributed by atoms with Crippen molar-refractivity contribution in [2.45, 2.75) is 39.5 Å². The number of nitrogens with one attached hydrogen (secondary N) is 1. The van der Waals surface area contributed by atoms with E-state index in [1.54, 1.807) is 12.3 Å². The Morgan fingerprint density at radius 2 is 2.21 bits per heavy atom. The lowest BCUT2D eigenvalue weighted by atomic mass is 10.3. The monoisotopic (exact) mass is 269 g/mol. The van der Waals surface area contributed by atoms with Crippen LogP contribution >= 0.6 is 0 Å². The number of halogens is 2. The molecule has 2 heterocycles. The third-order valence-corrected chi connectivity index (χ3v) is 2.64. The minimum Gasteiger partial charge on any atom is -0.307 e. The Balaban J connectivity index is 1.78. The summed E-state index contributed by atoms with van der Waals surface area (Å²) in [6.07, 6.45) is 6.11. The average molecular weight is 269 g/mol. The molecule has 0 saturated heterocycles. The quantitative estimate of drug-likeness (QED) is 0.838. The van der Waals surface area contributed by atoms with Crippen LogP contribution in [0.15, 0.2) is 24.7 Å². The molecule has 0 aliphatic rings. The summed E-state index contributed by atoms with van der Waals surface area (Å²) in [7, 11) is 0. The SMILES string of the molecule is CCCn1cc(CNCc2ccn(C(F)F)n2)cn1. The summed E-state index contributed by atoms with van der Waals surface area (Å²) >= 11 is 0. The van der Waals surface area contributed by atoms with Crippen molar-refractivity contribution in [1.29, 1.82) is 0 Å². The molecule has 2 aromatic rings. The van der Waals surface area contributed by atoms with Gasteiger partial charge in [0.25, 0.3) is 0 Å². The summed E-state index contributed by atoms with van der Waals surface area (Å²) in [6, 6.07) is 1.58. The summed E-state index contributed by atoms with van der Waals surface area (Å²) < 4.78 is 27.2. The van der Waals surface area contributed by atoms with Crippen molar-refractivity contribution in [3.63, 3.8) is 0 Å². The van der Waals surface area contributed by atoms with Gasteiger partial charge in [-0.05, 0) is 12.5 Å². The molecule has 5 nitrogen and oxygen atoms in total. The number of hydrogen-bond donors (Lipinski definition) is 1. The minimum absolute atomic E-state index is 0.457. The average Bonchev–Trinajstić information content (AvgIpc) is 2.99. The Labute approximate surface area is 110 Å². The van der Waals surface area contributed by atoms with E-state index in [0.717, 1.165) is 18.5 Å². The zero-order valence-electron chi connectivity index (χ0n) is 10.8. The van der Waals surface area contributed by atoms with Gasteiger partial charge in [0, 0.05) is 37.6 Å². The molecular weight excluding hydrogens is 252 g/mol. The standard InChI is InChI=1S/C12H17F2N5/c1-2-4-18-9-10(7-16-18)6-15-8-11-3-5-19(17-11)12(13)14/h3,5,7,9,12,15H,2,4,6,8H2,1H3. The van der Waals surface area contributed by atoms with Crippen molar-refractivity contribution in [3.8, 4) is 0 Å². The summed E-state index contributed by atoms with van der Waals surface area (Å²) in [6.45, 7) is 1.52. The first-order valence-electron chi connectivity index (χ1n) is 6.23. The maximum atomic E-state index is 12.3. The first-order chi connectivity index (χ1) is 9.19. The molecule has 0 bridgehead atoms. The smallest absolute Gasteiger partial charge is 0.307 e. The fourth-order valence-corrected chi connectivity index (χ4v) is 1.76. The fourth-order valence-electron chi connectivity index (χ4n) is 1.76. The first-order valence-corrected chi connectivity index (χ1v) is 6.23. The van der Waals surface area contributed by atoms with Gasteiger partial charge in [-0.15, -0.1) is 0 Å². The lowest BCUT2D eigenvalue weighted by Gasteiger charge is -2.00. The van der Waals surface area contributed by atoms with Gasteiger partial charge >= 0.3 is 6.55 Å². The van der Waals surface area contributed by atoms with Gasteiger partial charge in [-0.3, -0.25) is 4.68 Å². The predicted molar refractivity (Wildman–Crippen MR) is 66.5 cm³/mol. The van der Waals surface area contributed by atoms with Crippen LogP contribution in [-0.4, -0.2) is 19.6 Å². The summed E-state index contributed by atoms with van der Waals surface area (Å²) in [5, 5.41) is 11.1. The Bertz CT molecular complexity index is 506. The van der Waals surface area contributed by atoms with Gasteiger partial charge in [0.05, 0.1) is 11.9 Å². The highest BCUT2D eigenvalue weighted by atomic mass is 19.3. The van der Waals surface area contributed by atoms with Gasteiger partial charge in [-0.2, -0.15) is 19.0 Å². The summed E-state index contributed by atoms with van der Waals surface area (Å²) in [5.41, 5.74) is 1.67. The zero-order chi connectivity index (χ0) is 13.7. The maximum absolute atomic E-state index is 12.3. The molecule has 1 N–H and O–H groups in total. The fraction of sp³-hybridized carbons (Fsp3) is 0.500. The molecule has 19 heavy (non-hydrogen) atoms. The molecule has 0 spiro atoms. The van der Waals surface area contributed by atoms with Crippen LogP contribution in [0.5, 0.6) is 0 Å². The van der Waals surface area contributed by atoms with Gasteiger partial charge in [0.2, 0.25) is 0 Å². The van der Waals surface area contributed by atoms with Gasteiger partial charge in [0.15, 0.2) is 0 Å².